The highest BCUT2D eigenvalue weighted by Gasteiger charge is 2.43. The van der Waals surface area contributed by atoms with Gasteiger partial charge >= 0.3 is 6.18 Å². The second-order valence-electron chi connectivity index (χ2n) is 2.65. The lowest BCUT2D eigenvalue weighted by Gasteiger charge is -2.21. The molecule has 2 atom stereocenters. The van der Waals surface area contributed by atoms with Crippen molar-refractivity contribution in [2.24, 2.45) is 5.73 Å². The van der Waals surface area contributed by atoms with E-state index in [4.69, 9.17) is 5.73 Å². The number of alkyl halides is 3. The summed E-state index contributed by atoms with van der Waals surface area (Å²) in [4.78, 5) is 3.67. The molecule has 8 heteroatoms. The van der Waals surface area contributed by atoms with Crippen molar-refractivity contribution in [3.05, 3.63) is 6.33 Å². The van der Waals surface area contributed by atoms with E-state index in [-0.39, 0.29) is 4.34 Å². The Bertz CT molecular complexity index is 272. The Kier molecular flexibility index (Phi) is 3.73. The monoisotopic (exact) mass is 243 g/mol. The molecule has 2 N–H and O–H groups in total. The lowest BCUT2D eigenvalue weighted by Crippen LogP contribution is -2.40. The van der Waals surface area contributed by atoms with Crippen LogP contribution in [0.3, 0.4) is 0 Å². The van der Waals surface area contributed by atoms with E-state index in [2.05, 4.69) is 9.36 Å². The van der Waals surface area contributed by atoms with E-state index in [1.54, 1.807) is 0 Å². The molecule has 0 bridgehead atoms. The van der Waals surface area contributed by atoms with Gasteiger partial charge in [-0.2, -0.15) is 17.5 Å². The molecule has 14 heavy (non-hydrogen) atoms. The number of hydrogen-bond acceptors (Lipinski definition) is 5. The van der Waals surface area contributed by atoms with Crippen LogP contribution >= 0.6 is 23.3 Å². The fourth-order valence-corrected chi connectivity index (χ4v) is 2.36. The third-order valence-corrected chi connectivity index (χ3v) is 3.60. The molecule has 2 unspecified atom stereocenters. The van der Waals surface area contributed by atoms with Crippen molar-refractivity contribution in [3.63, 3.8) is 0 Å². The molecule has 0 aliphatic carbocycles. The summed E-state index contributed by atoms with van der Waals surface area (Å²) >= 11 is 1.54. The highest BCUT2D eigenvalue weighted by Crippen LogP contribution is 2.36. The lowest BCUT2D eigenvalue weighted by molar-refractivity contribution is -0.131. The van der Waals surface area contributed by atoms with Gasteiger partial charge in [-0.05, 0) is 18.5 Å². The zero-order chi connectivity index (χ0) is 10.8. The quantitative estimate of drug-likeness (QED) is 0.824. The fraction of sp³-hybridized carbons (Fsp3) is 0.667. The van der Waals surface area contributed by atoms with Crippen LogP contribution in [0, 0.1) is 0 Å². The normalized spacial score (nSPS) is 16.6. The Morgan fingerprint density at radius 1 is 1.57 bits per heavy atom. The van der Waals surface area contributed by atoms with Gasteiger partial charge in [0.1, 0.15) is 11.6 Å². The van der Waals surface area contributed by atoms with Crippen LogP contribution in [0.15, 0.2) is 10.7 Å². The van der Waals surface area contributed by atoms with Crippen LogP contribution in [-0.2, 0) is 0 Å². The van der Waals surface area contributed by atoms with Gasteiger partial charge in [0.15, 0.2) is 4.34 Å². The average molecular weight is 243 g/mol. The number of aromatic nitrogens is 2. The van der Waals surface area contributed by atoms with E-state index in [0.29, 0.717) is 11.8 Å². The molecule has 0 spiro atoms. The van der Waals surface area contributed by atoms with E-state index >= 15 is 0 Å². The number of hydrogen-bond donors (Lipinski definition) is 1. The molecule has 1 aromatic rings. The van der Waals surface area contributed by atoms with Crippen LogP contribution in [0.4, 0.5) is 13.2 Å². The van der Waals surface area contributed by atoms with E-state index in [0.717, 1.165) is 11.5 Å². The van der Waals surface area contributed by atoms with Crippen molar-refractivity contribution in [1.29, 1.82) is 0 Å². The number of thioether (sulfide) groups is 1. The summed E-state index contributed by atoms with van der Waals surface area (Å²) in [7, 11) is 0. The smallest absolute Gasteiger partial charge is 0.327 e. The van der Waals surface area contributed by atoms with E-state index < -0.39 is 17.5 Å². The highest BCUT2D eigenvalue weighted by molar-refractivity contribution is 8.01. The maximum Gasteiger partial charge on any atom is 0.402 e. The minimum atomic E-state index is -4.31. The second kappa shape index (κ2) is 4.45. The predicted molar refractivity (Wildman–Crippen MR) is 49.3 cm³/mol. The Hall–Kier alpha value is -0.340. The first kappa shape index (κ1) is 11.7. The predicted octanol–water partition coefficient (Wildman–Crippen LogP) is 1.91. The topological polar surface area (TPSA) is 51.8 Å². The molecule has 0 saturated heterocycles. The van der Waals surface area contributed by atoms with Gasteiger partial charge in [-0.25, -0.2) is 4.98 Å². The van der Waals surface area contributed by atoms with Crippen LogP contribution in [-0.4, -0.2) is 26.8 Å². The number of nitrogens with zero attached hydrogens (tertiary/aromatic N) is 2. The molecule has 1 rings (SSSR count). The zero-order valence-electron chi connectivity index (χ0n) is 7.15. The summed E-state index contributed by atoms with van der Waals surface area (Å²) in [6, 6.07) is -0.969. The first-order valence-corrected chi connectivity index (χ1v) is 5.32. The first-order chi connectivity index (χ1) is 6.41. The van der Waals surface area contributed by atoms with Crippen LogP contribution < -0.4 is 5.73 Å². The van der Waals surface area contributed by atoms with Gasteiger partial charge in [-0.15, -0.1) is 0 Å². The zero-order valence-corrected chi connectivity index (χ0v) is 8.79. The second-order valence-corrected chi connectivity index (χ2v) is 4.82. The number of halogens is 3. The molecule has 0 radical (unpaired) electrons. The first-order valence-electron chi connectivity index (χ1n) is 3.67. The van der Waals surface area contributed by atoms with E-state index in [9.17, 15) is 13.2 Å². The van der Waals surface area contributed by atoms with Crippen molar-refractivity contribution in [1.82, 2.24) is 9.36 Å². The molecule has 1 heterocycles. The van der Waals surface area contributed by atoms with Crippen molar-refractivity contribution >= 4 is 23.3 Å². The average Bonchev–Trinajstić information content (AvgIpc) is 2.48. The molecule has 0 saturated carbocycles. The molecule has 0 amide bonds. The largest absolute Gasteiger partial charge is 0.402 e. The van der Waals surface area contributed by atoms with Crippen molar-refractivity contribution in [2.45, 2.75) is 28.7 Å². The van der Waals surface area contributed by atoms with Crippen LogP contribution in [0.25, 0.3) is 0 Å². The van der Waals surface area contributed by atoms with Crippen LogP contribution in [0.2, 0.25) is 0 Å². The van der Waals surface area contributed by atoms with E-state index in [1.807, 2.05) is 0 Å². The van der Waals surface area contributed by atoms with Gasteiger partial charge in [0.2, 0.25) is 0 Å². The third-order valence-electron chi connectivity index (χ3n) is 1.37. The van der Waals surface area contributed by atoms with Gasteiger partial charge in [0, 0.05) is 6.04 Å². The van der Waals surface area contributed by atoms with Gasteiger partial charge in [-0.3, -0.25) is 0 Å². The van der Waals surface area contributed by atoms with Gasteiger partial charge in [0.25, 0.3) is 0 Å². The molecular weight excluding hydrogens is 235 g/mol. The summed E-state index contributed by atoms with van der Waals surface area (Å²) in [5.41, 5.74) is 5.25. The van der Waals surface area contributed by atoms with Crippen LogP contribution in [0.1, 0.15) is 6.92 Å². The van der Waals surface area contributed by atoms with Crippen molar-refractivity contribution in [2.75, 3.05) is 0 Å². The Morgan fingerprint density at radius 2 is 2.21 bits per heavy atom. The molecule has 0 aromatic carbocycles. The van der Waals surface area contributed by atoms with Crippen molar-refractivity contribution in [3.8, 4) is 0 Å². The minimum absolute atomic E-state index is 0.282. The Morgan fingerprint density at radius 3 is 2.57 bits per heavy atom. The standard InChI is InChI=1S/C6H8F3N3S2/c1-3(10)4(6(7,8)9)13-5-11-2-12-14-5/h2-4H,10H2,1H3. The van der Waals surface area contributed by atoms with Crippen molar-refractivity contribution < 1.29 is 13.2 Å². The molecule has 0 aliphatic heterocycles. The van der Waals surface area contributed by atoms with Gasteiger partial charge in [-0.1, -0.05) is 11.8 Å². The fourth-order valence-electron chi connectivity index (χ4n) is 0.796. The molecule has 0 aliphatic rings. The molecular formula is C6H8F3N3S2. The number of rotatable bonds is 3. The maximum absolute atomic E-state index is 12.4. The summed E-state index contributed by atoms with van der Waals surface area (Å²) in [5.74, 6) is 0. The van der Waals surface area contributed by atoms with Gasteiger partial charge in [0.05, 0.1) is 0 Å². The Balaban J connectivity index is 2.71. The summed E-state index contributed by atoms with van der Waals surface area (Å²) in [6.07, 6.45) is -3.09. The molecule has 80 valence electrons. The highest BCUT2D eigenvalue weighted by atomic mass is 32.2. The number of nitrogens with two attached hydrogens (primary N) is 1. The van der Waals surface area contributed by atoms with E-state index in [1.165, 1.54) is 13.3 Å². The maximum atomic E-state index is 12.4. The summed E-state index contributed by atoms with van der Waals surface area (Å²) in [5, 5.41) is -1.63. The lowest BCUT2D eigenvalue weighted by atomic mass is 10.2. The van der Waals surface area contributed by atoms with Gasteiger partial charge < -0.3 is 5.73 Å². The minimum Gasteiger partial charge on any atom is -0.327 e. The summed E-state index contributed by atoms with van der Waals surface area (Å²) in [6.45, 7) is 1.33. The van der Waals surface area contributed by atoms with Crippen LogP contribution in [0.5, 0.6) is 0 Å². The third kappa shape index (κ3) is 3.10. The molecule has 3 nitrogen and oxygen atoms in total. The molecule has 1 aromatic heterocycles. The summed E-state index contributed by atoms with van der Waals surface area (Å²) < 4.78 is 41.2. The molecule has 0 fully saturated rings. The Labute approximate surface area is 87.1 Å². The SMILES string of the molecule is CC(N)C(Sc1ncns1)C(F)(F)F.